The molecule has 0 spiro atoms. The second-order valence-corrected chi connectivity index (χ2v) is 5.36. The first-order valence-corrected chi connectivity index (χ1v) is 7.03. The number of rotatable bonds is 4. The molecule has 0 saturated carbocycles. The highest BCUT2D eigenvalue weighted by atomic mass is 79.9. The Kier molecular flexibility index (Phi) is 4.78. The van der Waals surface area contributed by atoms with Gasteiger partial charge >= 0.3 is 0 Å². The molecule has 0 bridgehead atoms. The van der Waals surface area contributed by atoms with E-state index < -0.39 is 5.82 Å². The highest BCUT2D eigenvalue weighted by Crippen LogP contribution is 2.36. The van der Waals surface area contributed by atoms with Gasteiger partial charge in [0.25, 0.3) is 0 Å². The van der Waals surface area contributed by atoms with E-state index in [2.05, 4.69) is 15.9 Å². The third-order valence-electron chi connectivity index (χ3n) is 2.72. The van der Waals surface area contributed by atoms with Crippen LogP contribution in [0.4, 0.5) is 4.39 Å². The zero-order valence-electron chi connectivity index (χ0n) is 10.6. The van der Waals surface area contributed by atoms with Crippen molar-refractivity contribution in [1.29, 1.82) is 0 Å². The summed E-state index contributed by atoms with van der Waals surface area (Å²) >= 11 is 8.92. The van der Waals surface area contributed by atoms with Gasteiger partial charge in [0.05, 0.1) is 15.1 Å². The Morgan fingerprint density at radius 3 is 2.60 bits per heavy atom. The maximum absolute atomic E-state index is 13.7. The number of carbonyl (C=O) groups is 1. The summed E-state index contributed by atoms with van der Waals surface area (Å²) in [6.45, 7) is 1.62. The molecule has 0 radical (unpaired) electrons. The van der Waals surface area contributed by atoms with Crippen molar-refractivity contribution in [3.8, 4) is 5.75 Å². The molecule has 2 nitrogen and oxygen atoms in total. The monoisotopic (exact) mass is 356 g/mol. The molecule has 0 aliphatic heterocycles. The maximum Gasteiger partial charge on any atom is 0.164 e. The van der Waals surface area contributed by atoms with Crippen LogP contribution in [-0.2, 0) is 6.61 Å². The van der Waals surface area contributed by atoms with Crippen LogP contribution in [0.25, 0.3) is 0 Å². The van der Waals surface area contributed by atoms with Gasteiger partial charge in [-0.05, 0) is 28.4 Å². The summed E-state index contributed by atoms with van der Waals surface area (Å²) in [5.41, 5.74) is 1.17. The number of carbonyl (C=O) groups excluding carboxylic acids is 1. The van der Waals surface area contributed by atoms with Crippen molar-refractivity contribution in [3.63, 3.8) is 0 Å². The summed E-state index contributed by atoms with van der Waals surface area (Å²) in [4.78, 5) is 11.7. The average Bonchev–Trinajstić information content (AvgIpc) is 2.43. The van der Waals surface area contributed by atoms with Gasteiger partial charge in [-0.3, -0.25) is 4.79 Å². The molecule has 20 heavy (non-hydrogen) atoms. The number of hydrogen-bond donors (Lipinski definition) is 0. The van der Waals surface area contributed by atoms with Gasteiger partial charge in [-0.15, -0.1) is 0 Å². The van der Waals surface area contributed by atoms with Crippen molar-refractivity contribution in [2.45, 2.75) is 13.5 Å². The summed E-state index contributed by atoms with van der Waals surface area (Å²) in [5, 5.41) is -0.123. The largest absolute Gasteiger partial charge is 0.488 e. The molecule has 0 aliphatic carbocycles. The van der Waals surface area contributed by atoms with Gasteiger partial charge in [0.1, 0.15) is 18.2 Å². The Hall–Kier alpha value is -1.39. The number of ether oxygens (including phenoxy) is 1. The van der Waals surface area contributed by atoms with Crippen molar-refractivity contribution < 1.29 is 13.9 Å². The van der Waals surface area contributed by atoms with Crippen LogP contribution in [0.3, 0.4) is 0 Å². The Morgan fingerprint density at radius 1 is 1.35 bits per heavy atom. The van der Waals surface area contributed by atoms with Crippen LogP contribution in [0, 0.1) is 5.82 Å². The van der Waals surface area contributed by atoms with Crippen LogP contribution in [0.1, 0.15) is 22.8 Å². The van der Waals surface area contributed by atoms with E-state index >= 15 is 0 Å². The second kappa shape index (κ2) is 6.37. The van der Waals surface area contributed by atoms with Crippen LogP contribution in [-0.4, -0.2) is 5.78 Å². The number of Topliss-reactive ketones (excluding diaryl/α,β-unsaturated/α-hetero) is 1. The lowest BCUT2D eigenvalue weighted by Gasteiger charge is -2.13. The second-order valence-electron chi connectivity index (χ2n) is 4.19. The molecule has 0 N–H and O–H groups in total. The van der Waals surface area contributed by atoms with Crippen LogP contribution >= 0.6 is 27.5 Å². The first kappa shape index (κ1) is 15.0. The highest BCUT2D eigenvalue weighted by Gasteiger charge is 2.19. The van der Waals surface area contributed by atoms with E-state index in [-0.39, 0.29) is 33.2 Å². The zero-order valence-corrected chi connectivity index (χ0v) is 13.0. The van der Waals surface area contributed by atoms with E-state index in [9.17, 15) is 9.18 Å². The van der Waals surface area contributed by atoms with Gasteiger partial charge < -0.3 is 4.74 Å². The molecule has 104 valence electrons. The van der Waals surface area contributed by atoms with E-state index in [1.807, 2.05) is 30.3 Å². The van der Waals surface area contributed by atoms with Crippen LogP contribution in [0.5, 0.6) is 5.75 Å². The maximum atomic E-state index is 13.7. The molecule has 0 unspecified atom stereocenters. The van der Waals surface area contributed by atoms with Crippen molar-refractivity contribution in [2.75, 3.05) is 0 Å². The lowest BCUT2D eigenvalue weighted by molar-refractivity contribution is 0.101. The molecule has 0 aliphatic rings. The number of benzene rings is 2. The summed E-state index contributed by atoms with van der Waals surface area (Å²) in [6.07, 6.45) is 0. The SMILES string of the molecule is CC(=O)c1c(OCc2ccccc2)cc(F)c(Cl)c1Br. The summed E-state index contributed by atoms with van der Waals surface area (Å²) < 4.78 is 19.4. The number of hydrogen-bond acceptors (Lipinski definition) is 2. The minimum Gasteiger partial charge on any atom is -0.488 e. The molecule has 0 saturated heterocycles. The molecular weight excluding hydrogens is 347 g/mol. The van der Waals surface area contributed by atoms with E-state index in [4.69, 9.17) is 16.3 Å². The molecule has 2 aromatic carbocycles. The molecule has 2 rings (SSSR count). The standard InChI is InChI=1S/C15H11BrClFO2/c1-9(19)13-12(7-11(18)15(17)14(13)16)20-8-10-5-3-2-4-6-10/h2-7H,8H2,1H3. The van der Waals surface area contributed by atoms with E-state index in [0.717, 1.165) is 11.6 Å². The van der Waals surface area contributed by atoms with Crippen LogP contribution < -0.4 is 4.74 Å². The van der Waals surface area contributed by atoms with E-state index in [0.29, 0.717) is 0 Å². The van der Waals surface area contributed by atoms with Crippen LogP contribution in [0.15, 0.2) is 40.9 Å². The smallest absolute Gasteiger partial charge is 0.164 e. The minimum absolute atomic E-state index is 0.123. The Morgan fingerprint density at radius 2 is 2.00 bits per heavy atom. The molecule has 5 heteroatoms. The Balaban J connectivity index is 2.34. The average molecular weight is 358 g/mol. The van der Waals surface area contributed by atoms with Crippen LogP contribution in [0.2, 0.25) is 5.02 Å². The predicted octanol–water partition coefficient (Wildman–Crippen LogP) is 5.02. The fraction of sp³-hybridized carbons (Fsp3) is 0.133. The summed E-state index contributed by atoms with van der Waals surface area (Å²) in [5.74, 6) is -0.705. The number of ketones is 1. The molecule has 0 fully saturated rings. The third kappa shape index (κ3) is 3.19. The molecular formula is C15H11BrClFO2. The van der Waals surface area contributed by atoms with E-state index in [1.165, 1.54) is 6.92 Å². The molecule has 0 heterocycles. The molecule has 0 aromatic heterocycles. The third-order valence-corrected chi connectivity index (χ3v) is 4.11. The predicted molar refractivity (Wildman–Crippen MR) is 79.9 cm³/mol. The van der Waals surface area contributed by atoms with Gasteiger partial charge in [-0.2, -0.15) is 0 Å². The fourth-order valence-corrected chi connectivity index (χ4v) is 2.56. The van der Waals surface area contributed by atoms with Crippen molar-refractivity contribution in [1.82, 2.24) is 0 Å². The van der Waals surface area contributed by atoms with Crippen molar-refractivity contribution >= 4 is 33.3 Å². The molecule has 0 amide bonds. The highest BCUT2D eigenvalue weighted by molar-refractivity contribution is 9.10. The fourth-order valence-electron chi connectivity index (χ4n) is 1.75. The molecule has 0 atom stereocenters. The summed E-state index contributed by atoms with van der Waals surface area (Å²) in [7, 11) is 0. The first-order valence-electron chi connectivity index (χ1n) is 5.86. The minimum atomic E-state index is -0.633. The summed E-state index contributed by atoms with van der Waals surface area (Å²) in [6, 6.07) is 10.5. The van der Waals surface area contributed by atoms with Gasteiger partial charge in [0, 0.05) is 6.07 Å². The van der Waals surface area contributed by atoms with Crippen molar-refractivity contribution in [3.05, 3.63) is 62.8 Å². The number of halogens is 3. The normalized spacial score (nSPS) is 10.4. The quantitative estimate of drug-likeness (QED) is 0.567. The first-order chi connectivity index (χ1) is 9.50. The van der Waals surface area contributed by atoms with Gasteiger partial charge in [0.15, 0.2) is 5.78 Å². The van der Waals surface area contributed by atoms with E-state index in [1.54, 1.807) is 0 Å². The topological polar surface area (TPSA) is 26.3 Å². The van der Waals surface area contributed by atoms with Crippen molar-refractivity contribution in [2.24, 2.45) is 0 Å². The van der Waals surface area contributed by atoms with Gasteiger partial charge in [-0.25, -0.2) is 4.39 Å². The Bertz CT molecular complexity index is 644. The van der Waals surface area contributed by atoms with Gasteiger partial charge in [0.2, 0.25) is 0 Å². The molecule has 2 aromatic rings. The lowest BCUT2D eigenvalue weighted by atomic mass is 10.1. The van der Waals surface area contributed by atoms with Gasteiger partial charge in [-0.1, -0.05) is 41.9 Å². The zero-order chi connectivity index (χ0) is 14.7. The Labute approximate surface area is 129 Å². The lowest BCUT2D eigenvalue weighted by Crippen LogP contribution is -2.04.